The minimum absolute atomic E-state index is 0.253. The number of nitrogens with zero attached hydrogens (tertiary/aromatic N) is 4. The van der Waals surface area contributed by atoms with E-state index in [1.54, 1.807) is 19.6 Å². The van der Waals surface area contributed by atoms with Crippen LogP contribution in [-0.4, -0.2) is 26.9 Å². The molecule has 2 atom stereocenters. The summed E-state index contributed by atoms with van der Waals surface area (Å²) in [6.45, 7) is 0. The monoisotopic (exact) mass is 443 g/mol. The van der Waals surface area contributed by atoms with Gasteiger partial charge in [-0.15, -0.1) is 0 Å². The van der Waals surface area contributed by atoms with Gasteiger partial charge in [0.1, 0.15) is 30.0 Å². The van der Waals surface area contributed by atoms with Crippen molar-refractivity contribution in [2.75, 3.05) is 12.4 Å². The lowest BCUT2D eigenvalue weighted by atomic mass is 9.85. The maximum atomic E-state index is 6.58. The van der Waals surface area contributed by atoms with Crippen LogP contribution < -0.4 is 14.8 Å². The van der Waals surface area contributed by atoms with Gasteiger partial charge in [-0.3, -0.25) is 4.98 Å². The Labute approximate surface area is 189 Å². The van der Waals surface area contributed by atoms with Gasteiger partial charge >= 0.3 is 0 Å². The zero-order valence-corrected chi connectivity index (χ0v) is 17.8. The van der Waals surface area contributed by atoms with E-state index < -0.39 is 0 Å². The number of hydrogen-bond acceptors (Lipinski definition) is 6. The Morgan fingerprint density at radius 2 is 1.97 bits per heavy atom. The molecule has 0 radical (unpaired) electrons. The standard InChI is InChI=1S/C24H18ClN5O2/c1-31-17-7-4-14(5-8-17)23-20-21(18-11-16(25)6-9-19(18)32-23)29-24-27-13-28-30(24)22(20)15-3-2-10-26-12-15/h2-13,22-23H,1H3,(H,27,28,29)/t22-,23+/m1/s1. The highest BCUT2D eigenvalue weighted by molar-refractivity contribution is 6.30. The first kappa shape index (κ1) is 18.9. The van der Waals surface area contributed by atoms with E-state index in [2.05, 4.69) is 20.4 Å². The molecule has 2 aliphatic rings. The van der Waals surface area contributed by atoms with Gasteiger partial charge in [-0.05, 0) is 47.5 Å². The molecule has 0 spiro atoms. The Hall–Kier alpha value is -3.84. The SMILES string of the molecule is COc1ccc([C@@H]2Oc3ccc(Cl)cc3C3=C2[C@@H](c2cccnc2)n2ncnc2N3)cc1. The summed E-state index contributed by atoms with van der Waals surface area (Å²) in [4.78, 5) is 8.79. The first-order chi connectivity index (χ1) is 15.7. The van der Waals surface area contributed by atoms with Crippen molar-refractivity contribution >= 4 is 23.2 Å². The second-order valence-electron chi connectivity index (χ2n) is 7.58. The molecule has 0 saturated carbocycles. The molecule has 0 fully saturated rings. The molecule has 0 amide bonds. The Morgan fingerprint density at radius 1 is 1.09 bits per heavy atom. The van der Waals surface area contributed by atoms with Gasteiger partial charge in [-0.1, -0.05) is 29.8 Å². The first-order valence-electron chi connectivity index (χ1n) is 10.1. The molecule has 6 rings (SSSR count). The van der Waals surface area contributed by atoms with Gasteiger partial charge in [-0.2, -0.15) is 10.1 Å². The predicted molar refractivity (Wildman–Crippen MR) is 121 cm³/mol. The zero-order chi connectivity index (χ0) is 21.7. The van der Waals surface area contributed by atoms with Crippen LogP contribution in [0.3, 0.4) is 0 Å². The van der Waals surface area contributed by atoms with E-state index in [1.807, 2.05) is 65.5 Å². The summed E-state index contributed by atoms with van der Waals surface area (Å²) in [5, 5.41) is 8.62. The van der Waals surface area contributed by atoms with E-state index in [4.69, 9.17) is 21.1 Å². The van der Waals surface area contributed by atoms with Crippen LogP contribution in [0.25, 0.3) is 5.70 Å². The largest absolute Gasteiger partial charge is 0.497 e. The van der Waals surface area contributed by atoms with E-state index in [1.165, 1.54) is 0 Å². The number of methoxy groups -OCH3 is 1. The minimum Gasteiger partial charge on any atom is -0.497 e. The smallest absolute Gasteiger partial charge is 0.226 e. The molecule has 4 aromatic rings. The molecule has 158 valence electrons. The van der Waals surface area contributed by atoms with Crippen molar-refractivity contribution in [3.63, 3.8) is 0 Å². The van der Waals surface area contributed by atoms with Crippen molar-refractivity contribution in [1.82, 2.24) is 19.7 Å². The lowest BCUT2D eigenvalue weighted by Crippen LogP contribution is -2.32. The Bertz CT molecular complexity index is 1330. The fraction of sp³-hybridized carbons (Fsp3) is 0.125. The summed E-state index contributed by atoms with van der Waals surface area (Å²) in [6.07, 6.45) is 4.80. The van der Waals surface area contributed by atoms with Gasteiger partial charge in [0.25, 0.3) is 0 Å². The molecular weight excluding hydrogens is 426 g/mol. The third-order valence-electron chi connectivity index (χ3n) is 5.79. The predicted octanol–water partition coefficient (Wildman–Crippen LogP) is 4.90. The third-order valence-corrected chi connectivity index (χ3v) is 6.03. The van der Waals surface area contributed by atoms with Gasteiger partial charge in [0, 0.05) is 28.6 Å². The zero-order valence-electron chi connectivity index (χ0n) is 17.1. The highest BCUT2D eigenvalue weighted by Crippen LogP contribution is 2.50. The topological polar surface area (TPSA) is 74.1 Å². The number of pyridine rings is 1. The summed E-state index contributed by atoms with van der Waals surface area (Å²) in [6, 6.07) is 17.3. The van der Waals surface area contributed by atoms with E-state index in [-0.39, 0.29) is 12.1 Å². The number of nitrogens with one attached hydrogen (secondary N) is 1. The molecule has 0 aliphatic carbocycles. The van der Waals surface area contributed by atoms with Gasteiger partial charge in [0.2, 0.25) is 5.95 Å². The summed E-state index contributed by atoms with van der Waals surface area (Å²) < 4.78 is 13.8. The van der Waals surface area contributed by atoms with Crippen LogP contribution in [0.2, 0.25) is 5.02 Å². The molecule has 2 aromatic heterocycles. The van der Waals surface area contributed by atoms with Crippen molar-refractivity contribution in [2.24, 2.45) is 0 Å². The van der Waals surface area contributed by atoms with Crippen LogP contribution >= 0.6 is 11.6 Å². The molecule has 7 nitrogen and oxygen atoms in total. The lowest BCUT2D eigenvalue weighted by Gasteiger charge is -2.38. The quantitative estimate of drug-likeness (QED) is 0.485. The highest BCUT2D eigenvalue weighted by Gasteiger charge is 2.41. The van der Waals surface area contributed by atoms with Crippen LogP contribution in [-0.2, 0) is 0 Å². The molecule has 0 bridgehead atoms. The molecule has 4 heterocycles. The maximum Gasteiger partial charge on any atom is 0.226 e. The van der Waals surface area contributed by atoms with Crippen LogP contribution in [0.1, 0.15) is 28.8 Å². The average Bonchev–Trinajstić information content (AvgIpc) is 3.31. The third kappa shape index (κ3) is 2.93. The normalized spacial score (nSPS) is 18.7. The number of halogens is 1. The summed E-state index contributed by atoms with van der Waals surface area (Å²) in [5.41, 5.74) is 4.80. The Morgan fingerprint density at radius 3 is 2.75 bits per heavy atom. The van der Waals surface area contributed by atoms with Crippen molar-refractivity contribution in [3.05, 3.63) is 101 Å². The molecule has 8 heteroatoms. The second-order valence-corrected chi connectivity index (χ2v) is 8.02. The fourth-order valence-corrected chi connectivity index (χ4v) is 4.53. The number of benzene rings is 2. The van der Waals surface area contributed by atoms with Crippen LogP contribution in [0.15, 0.2) is 78.9 Å². The van der Waals surface area contributed by atoms with Gasteiger partial charge in [0.15, 0.2) is 0 Å². The number of rotatable bonds is 3. The van der Waals surface area contributed by atoms with Crippen LogP contribution in [0, 0.1) is 0 Å². The molecular formula is C24H18ClN5O2. The van der Waals surface area contributed by atoms with Crippen molar-refractivity contribution in [2.45, 2.75) is 12.1 Å². The minimum atomic E-state index is -0.361. The molecule has 0 unspecified atom stereocenters. The maximum absolute atomic E-state index is 6.58. The molecule has 2 aromatic carbocycles. The van der Waals surface area contributed by atoms with E-state index in [0.717, 1.165) is 39.5 Å². The summed E-state index contributed by atoms with van der Waals surface area (Å²) >= 11 is 6.36. The highest BCUT2D eigenvalue weighted by atomic mass is 35.5. The van der Waals surface area contributed by atoms with Crippen LogP contribution in [0.5, 0.6) is 11.5 Å². The number of fused-ring (bicyclic) bond motifs is 3. The summed E-state index contributed by atoms with van der Waals surface area (Å²) in [5.74, 6) is 2.19. The van der Waals surface area contributed by atoms with Gasteiger partial charge in [-0.25, -0.2) is 4.68 Å². The average molecular weight is 444 g/mol. The van der Waals surface area contributed by atoms with Crippen molar-refractivity contribution in [3.8, 4) is 11.5 Å². The number of ether oxygens (including phenoxy) is 2. The van der Waals surface area contributed by atoms with E-state index in [9.17, 15) is 0 Å². The second kappa shape index (κ2) is 7.39. The van der Waals surface area contributed by atoms with E-state index >= 15 is 0 Å². The van der Waals surface area contributed by atoms with Gasteiger partial charge < -0.3 is 14.8 Å². The van der Waals surface area contributed by atoms with Crippen LogP contribution in [0.4, 0.5) is 5.95 Å². The molecule has 0 saturated heterocycles. The van der Waals surface area contributed by atoms with Crippen molar-refractivity contribution in [1.29, 1.82) is 0 Å². The van der Waals surface area contributed by atoms with E-state index in [0.29, 0.717) is 11.0 Å². The Balaban J connectivity index is 1.61. The molecule has 1 N–H and O–H groups in total. The lowest BCUT2D eigenvalue weighted by molar-refractivity contribution is 0.223. The number of anilines is 1. The fourth-order valence-electron chi connectivity index (χ4n) is 4.35. The number of hydrogen-bond donors (Lipinski definition) is 1. The molecule has 32 heavy (non-hydrogen) atoms. The summed E-state index contributed by atoms with van der Waals surface area (Å²) in [7, 11) is 1.66. The van der Waals surface area contributed by atoms with Crippen molar-refractivity contribution < 1.29 is 9.47 Å². The molecule has 2 aliphatic heterocycles. The van der Waals surface area contributed by atoms with Gasteiger partial charge in [0.05, 0.1) is 12.8 Å². The number of aromatic nitrogens is 4. The first-order valence-corrected chi connectivity index (χ1v) is 10.5. The Kier molecular flexibility index (Phi) is 4.36.